The van der Waals surface area contributed by atoms with Crippen molar-refractivity contribution in [3.05, 3.63) is 77.4 Å². The minimum atomic E-state index is 0. The monoisotopic (exact) mass is 483 g/mol. The summed E-state index contributed by atoms with van der Waals surface area (Å²) in [5.74, 6) is 0.619. The molecule has 0 aromatic heterocycles. The first-order valence-corrected chi connectivity index (χ1v) is 9.49. The van der Waals surface area contributed by atoms with Gasteiger partial charge in [-0.25, -0.2) is 0 Å². The van der Waals surface area contributed by atoms with Crippen LogP contribution in [-0.4, -0.2) is 0 Å². The van der Waals surface area contributed by atoms with Gasteiger partial charge in [-0.1, -0.05) is 62.2 Å². The molecule has 0 amide bonds. The SMILES string of the molecule is CCC(C)c1cc2c(-c3ccc4c5c(cccc35)CC4)cccc2[cH-]1.[Cl-].[Cl-].[Zr+3]. The Balaban J connectivity index is 0.000000934. The van der Waals surface area contributed by atoms with Gasteiger partial charge < -0.3 is 24.8 Å². The first-order valence-electron chi connectivity index (χ1n) is 9.49. The van der Waals surface area contributed by atoms with Crippen LogP contribution in [0, 0.1) is 0 Å². The summed E-state index contributed by atoms with van der Waals surface area (Å²) >= 11 is 0. The molecule has 1 aliphatic rings. The molecule has 141 valence electrons. The van der Waals surface area contributed by atoms with E-state index in [9.17, 15) is 0 Å². The molecule has 28 heavy (non-hydrogen) atoms. The standard InChI is InChI=1S/C25H23.2ClH.Zr/c1-3-16(2)20-14-19-7-5-8-21(24(19)15-20)22-13-12-18-11-10-17-6-4-9-23(22)25(17)18;;;/h4-9,12-16H,3,10-11H2,1-2H3;2*1H;/q-1;;;+3/p-2. The summed E-state index contributed by atoms with van der Waals surface area (Å²) < 4.78 is 0. The normalized spacial score (nSPS) is 12.9. The summed E-state index contributed by atoms with van der Waals surface area (Å²) in [6, 6.07) is 23.1. The van der Waals surface area contributed by atoms with Gasteiger partial charge in [0.25, 0.3) is 0 Å². The maximum atomic E-state index is 2.42. The molecule has 0 bridgehead atoms. The topological polar surface area (TPSA) is 0 Å². The molecule has 0 fully saturated rings. The molecule has 4 aromatic rings. The van der Waals surface area contributed by atoms with Crippen LogP contribution in [0.2, 0.25) is 0 Å². The Hall–Kier alpha value is -1.01. The van der Waals surface area contributed by atoms with E-state index < -0.39 is 0 Å². The van der Waals surface area contributed by atoms with Crippen molar-refractivity contribution in [2.75, 3.05) is 0 Å². The van der Waals surface area contributed by atoms with Gasteiger partial charge in [-0.3, -0.25) is 0 Å². The largest absolute Gasteiger partial charge is 3.00 e. The molecule has 0 N–H and O–H groups in total. The van der Waals surface area contributed by atoms with E-state index in [0.717, 1.165) is 0 Å². The van der Waals surface area contributed by atoms with Crippen molar-refractivity contribution in [2.24, 2.45) is 0 Å². The van der Waals surface area contributed by atoms with E-state index in [0.29, 0.717) is 5.92 Å². The van der Waals surface area contributed by atoms with Crippen molar-refractivity contribution < 1.29 is 51.0 Å². The zero-order chi connectivity index (χ0) is 17.0. The minimum Gasteiger partial charge on any atom is -1.00 e. The zero-order valence-electron chi connectivity index (χ0n) is 16.2. The summed E-state index contributed by atoms with van der Waals surface area (Å²) in [7, 11) is 0. The van der Waals surface area contributed by atoms with Crippen LogP contribution in [0.5, 0.6) is 0 Å². The number of halogens is 2. The van der Waals surface area contributed by atoms with Crippen LogP contribution in [0.25, 0.3) is 32.7 Å². The van der Waals surface area contributed by atoms with Crippen LogP contribution in [-0.2, 0) is 39.0 Å². The third kappa shape index (κ3) is 3.63. The number of benzene rings is 3. The Morgan fingerprint density at radius 2 is 1.54 bits per heavy atom. The van der Waals surface area contributed by atoms with E-state index >= 15 is 0 Å². The molecular formula is C25H23Cl2Zr. The van der Waals surface area contributed by atoms with Gasteiger partial charge >= 0.3 is 26.2 Å². The number of hydrogen-bond acceptors (Lipinski definition) is 0. The van der Waals surface area contributed by atoms with Crippen molar-refractivity contribution in [3.8, 4) is 11.1 Å². The van der Waals surface area contributed by atoms with Crippen molar-refractivity contribution in [1.29, 1.82) is 0 Å². The Kier molecular flexibility index (Phi) is 7.65. The molecule has 1 aliphatic carbocycles. The Bertz CT molecular complexity index is 1100. The van der Waals surface area contributed by atoms with Gasteiger partial charge in [-0.2, -0.15) is 6.07 Å². The molecule has 0 aliphatic heterocycles. The molecule has 0 saturated carbocycles. The maximum absolute atomic E-state index is 2.42. The van der Waals surface area contributed by atoms with Crippen LogP contribution in [0.1, 0.15) is 42.9 Å². The van der Waals surface area contributed by atoms with E-state index in [1.165, 1.54) is 68.6 Å². The summed E-state index contributed by atoms with van der Waals surface area (Å²) in [5.41, 5.74) is 7.27. The van der Waals surface area contributed by atoms with Gasteiger partial charge in [0.05, 0.1) is 0 Å². The summed E-state index contributed by atoms with van der Waals surface area (Å²) in [6.07, 6.45) is 3.57. The van der Waals surface area contributed by atoms with E-state index in [4.69, 9.17) is 0 Å². The molecule has 0 heterocycles. The molecule has 1 radical (unpaired) electrons. The van der Waals surface area contributed by atoms with Crippen LogP contribution >= 0.6 is 0 Å². The van der Waals surface area contributed by atoms with Gasteiger partial charge in [0, 0.05) is 0 Å². The number of hydrogen-bond donors (Lipinski definition) is 0. The molecule has 3 heteroatoms. The number of aryl methyl sites for hydroxylation is 2. The Morgan fingerprint density at radius 1 is 0.857 bits per heavy atom. The molecule has 4 aromatic carbocycles. The van der Waals surface area contributed by atoms with E-state index in [2.05, 4.69) is 74.5 Å². The van der Waals surface area contributed by atoms with E-state index in [1.807, 2.05) is 0 Å². The fraction of sp³-hybridized carbons (Fsp3) is 0.240. The van der Waals surface area contributed by atoms with Gasteiger partial charge in [-0.15, -0.1) is 34.5 Å². The van der Waals surface area contributed by atoms with Crippen LogP contribution in [0.4, 0.5) is 0 Å². The molecule has 0 spiro atoms. The maximum Gasteiger partial charge on any atom is 3.00 e. The quantitative estimate of drug-likeness (QED) is 0.380. The molecule has 5 rings (SSSR count). The fourth-order valence-electron chi connectivity index (χ4n) is 4.49. The zero-order valence-corrected chi connectivity index (χ0v) is 20.2. The fourth-order valence-corrected chi connectivity index (χ4v) is 4.49. The second kappa shape index (κ2) is 9.21. The number of fused-ring (bicyclic) bond motifs is 1. The van der Waals surface area contributed by atoms with Crippen molar-refractivity contribution in [1.82, 2.24) is 0 Å². The first-order chi connectivity index (χ1) is 12.3. The van der Waals surface area contributed by atoms with Gasteiger partial charge in [-0.05, 0) is 46.2 Å². The molecule has 0 saturated heterocycles. The van der Waals surface area contributed by atoms with Gasteiger partial charge in [0.1, 0.15) is 0 Å². The molecule has 1 unspecified atom stereocenters. The van der Waals surface area contributed by atoms with Crippen molar-refractivity contribution >= 4 is 21.5 Å². The van der Waals surface area contributed by atoms with Gasteiger partial charge in [0.2, 0.25) is 0 Å². The summed E-state index contributed by atoms with van der Waals surface area (Å²) in [4.78, 5) is 0. The smallest absolute Gasteiger partial charge is 1.00 e. The van der Waals surface area contributed by atoms with Crippen LogP contribution < -0.4 is 24.8 Å². The average Bonchev–Trinajstić information content (AvgIpc) is 3.27. The molecule has 1 atom stereocenters. The Labute approximate surface area is 199 Å². The van der Waals surface area contributed by atoms with E-state index in [1.54, 1.807) is 0 Å². The predicted octanol–water partition coefficient (Wildman–Crippen LogP) is 0.997. The second-order valence-electron chi connectivity index (χ2n) is 7.52. The Morgan fingerprint density at radius 3 is 2.29 bits per heavy atom. The van der Waals surface area contributed by atoms with Crippen LogP contribution in [0.3, 0.4) is 0 Å². The summed E-state index contributed by atoms with van der Waals surface area (Å²) in [6.45, 7) is 4.60. The predicted molar refractivity (Wildman–Crippen MR) is 109 cm³/mol. The third-order valence-electron chi connectivity index (χ3n) is 6.12. The first kappa shape index (κ1) is 23.3. The van der Waals surface area contributed by atoms with Crippen molar-refractivity contribution in [2.45, 2.75) is 39.0 Å². The summed E-state index contributed by atoms with van der Waals surface area (Å²) in [5, 5.41) is 5.70. The minimum absolute atomic E-state index is 0. The van der Waals surface area contributed by atoms with Crippen molar-refractivity contribution in [3.63, 3.8) is 0 Å². The van der Waals surface area contributed by atoms with Gasteiger partial charge in [0.15, 0.2) is 0 Å². The second-order valence-corrected chi connectivity index (χ2v) is 7.52. The third-order valence-corrected chi connectivity index (χ3v) is 6.12. The van der Waals surface area contributed by atoms with E-state index in [-0.39, 0.29) is 51.0 Å². The molecule has 0 nitrogen and oxygen atoms in total. The number of rotatable bonds is 3. The van der Waals surface area contributed by atoms with Crippen LogP contribution in [0.15, 0.2) is 60.7 Å². The molecular weight excluding hydrogens is 462 g/mol. The average molecular weight is 486 g/mol.